The first-order valence-electron chi connectivity index (χ1n) is 8.30. The van der Waals surface area contributed by atoms with E-state index in [2.05, 4.69) is 10.6 Å². The predicted octanol–water partition coefficient (Wildman–Crippen LogP) is 1.58. The molecule has 0 aromatic heterocycles. The van der Waals surface area contributed by atoms with Crippen LogP contribution in [0, 0.1) is 0 Å². The van der Waals surface area contributed by atoms with E-state index in [1.807, 2.05) is 60.7 Å². The Morgan fingerprint density at radius 1 is 0.828 bits per heavy atom. The predicted molar refractivity (Wildman–Crippen MR) is 98.2 cm³/mol. The van der Waals surface area contributed by atoms with E-state index in [1.165, 1.54) is 0 Å². The summed E-state index contributed by atoms with van der Waals surface area (Å²) in [5.74, 6) is -3.74. The minimum atomic E-state index is -5.08. The molecule has 0 unspecified atom stereocenters. The summed E-state index contributed by atoms with van der Waals surface area (Å²) in [6.45, 7) is 0.693. The maximum Gasteiger partial charge on any atom is 0.490 e. The highest BCUT2D eigenvalue weighted by Gasteiger charge is 2.38. The minimum Gasteiger partial charge on any atom is -0.475 e. The lowest BCUT2D eigenvalue weighted by atomic mass is 10.2. The van der Waals surface area contributed by atoms with Crippen LogP contribution in [-0.4, -0.2) is 35.1 Å². The second-order valence-electron chi connectivity index (χ2n) is 5.69. The van der Waals surface area contributed by atoms with Crippen LogP contribution in [0.15, 0.2) is 60.7 Å². The number of nitrogens with one attached hydrogen (secondary N) is 2. The Balaban J connectivity index is 0.000000516. The fourth-order valence-electron chi connectivity index (χ4n) is 1.91. The molecule has 0 aliphatic rings. The Bertz CT molecular complexity index is 744. The van der Waals surface area contributed by atoms with Crippen molar-refractivity contribution >= 4 is 17.8 Å². The highest BCUT2D eigenvalue weighted by Crippen LogP contribution is 2.13. The smallest absolute Gasteiger partial charge is 0.475 e. The van der Waals surface area contributed by atoms with Crippen molar-refractivity contribution < 1.29 is 32.7 Å². The molecule has 156 valence electrons. The van der Waals surface area contributed by atoms with Crippen LogP contribution < -0.4 is 16.4 Å². The third-order valence-electron chi connectivity index (χ3n) is 3.43. The second kappa shape index (κ2) is 11.4. The molecule has 0 saturated heterocycles. The molecule has 0 fully saturated rings. The number of nitrogens with two attached hydrogens (primary N) is 1. The molecule has 0 radical (unpaired) electrons. The van der Waals surface area contributed by atoms with Crippen LogP contribution in [0.3, 0.4) is 0 Å². The fraction of sp³-hybridized carbons (Fsp3) is 0.211. The number of carboxylic acids is 1. The molecule has 2 rings (SSSR count). The molecule has 0 aliphatic carbocycles. The first kappa shape index (κ1) is 23.6. The van der Waals surface area contributed by atoms with E-state index in [0.717, 1.165) is 11.1 Å². The zero-order chi connectivity index (χ0) is 21.9. The van der Waals surface area contributed by atoms with E-state index in [1.54, 1.807) is 0 Å². The van der Waals surface area contributed by atoms with Gasteiger partial charge in [0.2, 0.25) is 11.8 Å². The van der Waals surface area contributed by atoms with Gasteiger partial charge in [-0.05, 0) is 11.1 Å². The molecule has 0 bridgehead atoms. The number of rotatable bonds is 6. The average molecular weight is 411 g/mol. The van der Waals surface area contributed by atoms with Crippen molar-refractivity contribution in [3.05, 3.63) is 71.8 Å². The largest absolute Gasteiger partial charge is 0.490 e. The summed E-state index contributed by atoms with van der Waals surface area (Å²) < 4.78 is 31.7. The van der Waals surface area contributed by atoms with Gasteiger partial charge in [-0.2, -0.15) is 13.2 Å². The number of benzene rings is 2. The van der Waals surface area contributed by atoms with Crippen molar-refractivity contribution in [3.63, 3.8) is 0 Å². The summed E-state index contributed by atoms with van der Waals surface area (Å²) >= 11 is 0. The van der Waals surface area contributed by atoms with Gasteiger partial charge in [0.15, 0.2) is 6.04 Å². The standard InChI is InChI=1S/C17H19N3O2.C2HF3O2/c18-15(16(21)19-11-13-7-3-1-4-8-13)17(22)20-12-14-9-5-2-6-10-14;3-2(4,5)1(6)7/h1-10,15H,11-12,18H2,(H,19,21)(H,20,22);(H,6,7). The summed E-state index contributed by atoms with van der Waals surface area (Å²) in [4.78, 5) is 32.6. The van der Waals surface area contributed by atoms with Gasteiger partial charge in [0.05, 0.1) is 0 Å². The maximum atomic E-state index is 11.9. The van der Waals surface area contributed by atoms with E-state index >= 15 is 0 Å². The summed E-state index contributed by atoms with van der Waals surface area (Å²) in [5.41, 5.74) is 7.57. The Kier molecular flexibility index (Phi) is 9.33. The lowest BCUT2D eigenvalue weighted by Gasteiger charge is -2.12. The second-order valence-corrected chi connectivity index (χ2v) is 5.69. The Hall–Kier alpha value is -3.40. The maximum absolute atomic E-state index is 11.9. The quantitative estimate of drug-likeness (QED) is 0.538. The number of carboxylic acid groups (broad SMARTS) is 1. The average Bonchev–Trinajstić information content (AvgIpc) is 2.71. The van der Waals surface area contributed by atoms with Crippen molar-refractivity contribution in [2.24, 2.45) is 5.73 Å². The third-order valence-corrected chi connectivity index (χ3v) is 3.43. The number of carbonyl (C=O) groups is 3. The topological polar surface area (TPSA) is 122 Å². The van der Waals surface area contributed by atoms with Gasteiger partial charge in [0, 0.05) is 13.1 Å². The number of hydrogen-bond donors (Lipinski definition) is 4. The van der Waals surface area contributed by atoms with Crippen molar-refractivity contribution in [1.29, 1.82) is 0 Å². The van der Waals surface area contributed by atoms with Crippen LogP contribution in [-0.2, 0) is 27.5 Å². The molecular weight excluding hydrogens is 391 g/mol. The number of hydrogen-bond acceptors (Lipinski definition) is 4. The molecule has 7 nitrogen and oxygen atoms in total. The highest BCUT2D eigenvalue weighted by molar-refractivity contribution is 6.04. The SMILES string of the molecule is NC(C(=O)NCc1ccccc1)C(=O)NCc1ccccc1.O=C(O)C(F)(F)F. The Morgan fingerprint density at radius 2 is 1.14 bits per heavy atom. The molecule has 0 heterocycles. The number of carbonyl (C=O) groups excluding carboxylic acids is 2. The van der Waals surface area contributed by atoms with Crippen molar-refractivity contribution in [3.8, 4) is 0 Å². The zero-order valence-corrected chi connectivity index (χ0v) is 15.1. The first-order valence-corrected chi connectivity index (χ1v) is 8.30. The number of amides is 2. The van der Waals surface area contributed by atoms with Crippen molar-refractivity contribution in [2.75, 3.05) is 0 Å². The van der Waals surface area contributed by atoms with E-state index in [-0.39, 0.29) is 0 Å². The van der Waals surface area contributed by atoms with Crippen molar-refractivity contribution in [2.45, 2.75) is 25.3 Å². The van der Waals surface area contributed by atoms with E-state index < -0.39 is 30.0 Å². The number of alkyl halides is 3. The van der Waals surface area contributed by atoms with Gasteiger partial charge in [0.25, 0.3) is 0 Å². The molecule has 2 aromatic rings. The molecule has 10 heteroatoms. The highest BCUT2D eigenvalue weighted by atomic mass is 19.4. The lowest BCUT2D eigenvalue weighted by Crippen LogP contribution is -2.50. The van der Waals surface area contributed by atoms with Gasteiger partial charge in [-0.3, -0.25) is 9.59 Å². The molecule has 2 aromatic carbocycles. The van der Waals surface area contributed by atoms with E-state index in [4.69, 9.17) is 15.6 Å². The minimum absolute atomic E-state index is 0.347. The summed E-state index contributed by atoms with van der Waals surface area (Å²) in [7, 11) is 0. The van der Waals surface area contributed by atoms with Crippen LogP contribution in [0.25, 0.3) is 0 Å². The van der Waals surface area contributed by atoms with Crippen LogP contribution in [0.4, 0.5) is 13.2 Å². The molecule has 0 atom stereocenters. The molecular formula is C19H20F3N3O4. The number of halogens is 3. The monoisotopic (exact) mass is 411 g/mol. The zero-order valence-electron chi connectivity index (χ0n) is 15.1. The molecule has 0 aliphatic heterocycles. The van der Waals surface area contributed by atoms with E-state index in [9.17, 15) is 22.8 Å². The molecule has 0 spiro atoms. The van der Waals surface area contributed by atoms with Crippen LogP contribution >= 0.6 is 0 Å². The van der Waals surface area contributed by atoms with Crippen molar-refractivity contribution in [1.82, 2.24) is 10.6 Å². The Labute approximate surface area is 164 Å². The van der Waals surface area contributed by atoms with Crippen LogP contribution in [0.2, 0.25) is 0 Å². The molecule has 29 heavy (non-hydrogen) atoms. The van der Waals surface area contributed by atoms with Gasteiger partial charge in [-0.25, -0.2) is 4.79 Å². The van der Waals surface area contributed by atoms with Gasteiger partial charge >= 0.3 is 12.1 Å². The van der Waals surface area contributed by atoms with Crippen LogP contribution in [0.5, 0.6) is 0 Å². The lowest BCUT2D eigenvalue weighted by molar-refractivity contribution is -0.192. The molecule has 2 amide bonds. The Morgan fingerprint density at radius 3 is 1.41 bits per heavy atom. The van der Waals surface area contributed by atoms with Gasteiger partial charge in [-0.15, -0.1) is 0 Å². The van der Waals surface area contributed by atoms with E-state index in [0.29, 0.717) is 13.1 Å². The normalized spacial score (nSPS) is 10.5. The van der Waals surface area contributed by atoms with Gasteiger partial charge < -0.3 is 21.5 Å². The van der Waals surface area contributed by atoms with Gasteiger partial charge in [0.1, 0.15) is 0 Å². The van der Waals surface area contributed by atoms with Crippen LogP contribution in [0.1, 0.15) is 11.1 Å². The summed E-state index contributed by atoms with van der Waals surface area (Å²) in [5, 5.41) is 12.4. The number of aliphatic carboxylic acids is 1. The molecule has 0 saturated carbocycles. The first-order chi connectivity index (χ1) is 13.6. The third kappa shape index (κ3) is 9.38. The van der Waals surface area contributed by atoms with Gasteiger partial charge in [-0.1, -0.05) is 60.7 Å². The summed E-state index contributed by atoms with van der Waals surface area (Å²) in [6.07, 6.45) is -5.08. The summed E-state index contributed by atoms with van der Waals surface area (Å²) in [6, 6.07) is 17.7. The fourth-order valence-corrected chi connectivity index (χ4v) is 1.91. The molecule has 5 N–H and O–H groups in total.